The van der Waals surface area contributed by atoms with E-state index in [4.69, 9.17) is 5.11 Å². The smallest absolute Gasteiger partial charge is 0.309 e. The zero-order valence-corrected chi connectivity index (χ0v) is 13.9. The van der Waals surface area contributed by atoms with Crippen molar-refractivity contribution < 1.29 is 9.90 Å². The van der Waals surface area contributed by atoms with Crippen LogP contribution in [0, 0.1) is 0 Å². The van der Waals surface area contributed by atoms with Gasteiger partial charge in [0, 0.05) is 18.5 Å². The average molecular weight is 338 g/mol. The molecule has 0 aliphatic carbocycles. The lowest BCUT2D eigenvalue weighted by Gasteiger charge is -2.22. The molecule has 24 heavy (non-hydrogen) atoms. The lowest BCUT2D eigenvalue weighted by Crippen LogP contribution is -2.22. The average Bonchev–Trinajstić information content (AvgIpc) is 3.04. The van der Waals surface area contributed by atoms with Crippen LogP contribution in [0.5, 0.6) is 0 Å². The topological polar surface area (TPSA) is 53.4 Å². The summed E-state index contributed by atoms with van der Waals surface area (Å²) in [4.78, 5) is 17.6. The van der Waals surface area contributed by atoms with Crippen LogP contribution < -0.4 is 4.90 Å². The van der Waals surface area contributed by atoms with Crippen molar-refractivity contribution in [3.05, 3.63) is 82.9 Å². The maximum absolute atomic E-state index is 10.9. The fraction of sp³-hybridized carbons (Fsp3) is 0.158. The van der Waals surface area contributed by atoms with Gasteiger partial charge in [-0.3, -0.25) is 4.79 Å². The summed E-state index contributed by atoms with van der Waals surface area (Å²) in [6.07, 6.45) is -0.0407. The minimum absolute atomic E-state index is 0.0407. The van der Waals surface area contributed by atoms with E-state index in [9.17, 15) is 4.79 Å². The zero-order chi connectivity index (χ0) is 16.8. The number of carboxylic acid groups (broad SMARTS) is 1. The van der Waals surface area contributed by atoms with Crippen LogP contribution in [0.25, 0.3) is 0 Å². The molecule has 2 aromatic carbocycles. The fourth-order valence-corrected chi connectivity index (χ4v) is 3.30. The van der Waals surface area contributed by atoms with Gasteiger partial charge in [0.2, 0.25) is 0 Å². The molecule has 3 rings (SSSR count). The van der Waals surface area contributed by atoms with Gasteiger partial charge in [0.15, 0.2) is 5.13 Å². The Morgan fingerprint density at radius 2 is 1.50 bits per heavy atom. The van der Waals surface area contributed by atoms with Crippen molar-refractivity contribution in [2.45, 2.75) is 19.5 Å². The minimum atomic E-state index is -0.857. The molecule has 0 radical (unpaired) electrons. The van der Waals surface area contributed by atoms with E-state index < -0.39 is 5.97 Å². The highest BCUT2D eigenvalue weighted by atomic mass is 32.1. The van der Waals surface area contributed by atoms with E-state index in [-0.39, 0.29) is 6.42 Å². The van der Waals surface area contributed by atoms with E-state index in [1.54, 1.807) is 0 Å². The molecule has 1 heterocycles. The number of hydrogen-bond donors (Lipinski definition) is 1. The summed E-state index contributed by atoms with van der Waals surface area (Å²) in [5.74, 6) is -0.857. The molecule has 122 valence electrons. The van der Waals surface area contributed by atoms with Crippen LogP contribution in [0.4, 0.5) is 5.13 Å². The van der Waals surface area contributed by atoms with Crippen LogP contribution in [-0.2, 0) is 24.3 Å². The Hall–Kier alpha value is -2.66. The highest BCUT2D eigenvalue weighted by Crippen LogP contribution is 2.25. The summed E-state index contributed by atoms with van der Waals surface area (Å²) in [7, 11) is 0. The molecule has 0 saturated carbocycles. The number of carbonyl (C=O) groups is 1. The van der Waals surface area contributed by atoms with E-state index in [0.717, 1.165) is 18.2 Å². The highest BCUT2D eigenvalue weighted by Gasteiger charge is 2.14. The first-order chi connectivity index (χ1) is 11.7. The molecule has 0 spiro atoms. The first kappa shape index (κ1) is 16.2. The van der Waals surface area contributed by atoms with Crippen molar-refractivity contribution in [2.75, 3.05) is 4.90 Å². The van der Waals surface area contributed by atoms with E-state index in [1.165, 1.54) is 22.5 Å². The van der Waals surface area contributed by atoms with Crippen LogP contribution in [0.1, 0.15) is 16.8 Å². The van der Waals surface area contributed by atoms with E-state index in [0.29, 0.717) is 5.69 Å². The van der Waals surface area contributed by atoms with Crippen molar-refractivity contribution in [3.63, 3.8) is 0 Å². The number of aliphatic carboxylic acids is 1. The van der Waals surface area contributed by atoms with Gasteiger partial charge in [-0.15, -0.1) is 11.3 Å². The van der Waals surface area contributed by atoms with Crippen LogP contribution >= 0.6 is 11.3 Å². The van der Waals surface area contributed by atoms with Crippen LogP contribution in [-0.4, -0.2) is 16.1 Å². The number of hydrogen-bond acceptors (Lipinski definition) is 4. The molecule has 1 aromatic heterocycles. The number of benzene rings is 2. The van der Waals surface area contributed by atoms with Gasteiger partial charge in [-0.1, -0.05) is 60.7 Å². The molecule has 0 atom stereocenters. The molecule has 0 bridgehead atoms. The van der Waals surface area contributed by atoms with Gasteiger partial charge in [0.05, 0.1) is 12.1 Å². The summed E-state index contributed by atoms with van der Waals surface area (Å²) >= 11 is 1.49. The Morgan fingerprint density at radius 3 is 2.00 bits per heavy atom. The molecule has 0 aliphatic heterocycles. The third-order valence-electron chi connectivity index (χ3n) is 3.58. The molecule has 3 aromatic rings. The van der Waals surface area contributed by atoms with Gasteiger partial charge in [-0.2, -0.15) is 0 Å². The maximum Gasteiger partial charge on any atom is 0.309 e. The van der Waals surface area contributed by atoms with Gasteiger partial charge in [0.1, 0.15) is 0 Å². The standard InChI is InChI=1S/C19H18N2O2S/c22-18(23)11-17-14-24-19(20-17)21(12-15-7-3-1-4-8-15)13-16-9-5-2-6-10-16/h1-10,14H,11-13H2,(H,22,23). The Morgan fingerprint density at radius 1 is 0.958 bits per heavy atom. The largest absolute Gasteiger partial charge is 0.481 e. The Labute approximate surface area is 145 Å². The molecule has 4 nitrogen and oxygen atoms in total. The number of anilines is 1. The van der Waals surface area contributed by atoms with Gasteiger partial charge in [-0.05, 0) is 11.1 Å². The second kappa shape index (κ2) is 7.75. The third-order valence-corrected chi connectivity index (χ3v) is 4.53. The maximum atomic E-state index is 10.9. The fourth-order valence-electron chi connectivity index (χ4n) is 2.48. The number of nitrogens with zero attached hydrogens (tertiary/aromatic N) is 2. The van der Waals surface area contributed by atoms with Gasteiger partial charge in [0.25, 0.3) is 0 Å². The predicted octanol–water partition coefficient (Wildman–Crippen LogP) is 3.98. The molecular weight excluding hydrogens is 320 g/mol. The molecule has 0 aliphatic rings. The summed E-state index contributed by atoms with van der Waals surface area (Å²) in [5.41, 5.74) is 3.00. The van der Waals surface area contributed by atoms with Crippen molar-refractivity contribution in [2.24, 2.45) is 0 Å². The molecule has 0 saturated heterocycles. The Bertz CT molecular complexity index is 746. The Balaban J connectivity index is 1.83. The van der Waals surface area contributed by atoms with Crippen LogP contribution in [0.3, 0.4) is 0 Å². The number of rotatable bonds is 7. The summed E-state index contributed by atoms with van der Waals surface area (Å²) < 4.78 is 0. The monoisotopic (exact) mass is 338 g/mol. The third kappa shape index (κ3) is 4.43. The molecular formula is C19H18N2O2S. The number of aromatic nitrogens is 1. The molecule has 0 unspecified atom stereocenters. The SMILES string of the molecule is O=C(O)Cc1csc(N(Cc2ccccc2)Cc2ccccc2)n1. The highest BCUT2D eigenvalue weighted by molar-refractivity contribution is 7.13. The lowest BCUT2D eigenvalue weighted by atomic mass is 10.2. The lowest BCUT2D eigenvalue weighted by molar-refractivity contribution is -0.136. The summed E-state index contributed by atoms with van der Waals surface area (Å²) in [6, 6.07) is 20.4. The summed E-state index contributed by atoms with van der Waals surface area (Å²) in [6.45, 7) is 1.46. The molecule has 0 fully saturated rings. The van der Waals surface area contributed by atoms with Crippen molar-refractivity contribution >= 4 is 22.4 Å². The minimum Gasteiger partial charge on any atom is -0.481 e. The van der Waals surface area contributed by atoms with E-state index in [1.807, 2.05) is 41.8 Å². The predicted molar refractivity (Wildman–Crippen MR) is 96.2 cm³/mol. The Kier molecular flexibility index (Phi) is 5.23. The second-order valence-corrected chi connectivity index (χ2v) is 6.36. The first-order valence-electron chi connectivity index (χ1n) is 7.70. The second-order valence-electron chi connectivity index (χ2n) is 5.52. The van der Waals surface area contributed by atoms with E-state index >= 15 is 0 Å². The van der Waals surface area contributed by atoms with Crippen LogP contribution in [0.2, 0.25) is 0 Å². The summed E-state index contributed by atoms with van der Waals surface area (Å²) in [5, 5.41) is 11.6. The van der Waals surface area contributed by atoms with Gasteiger partial charge < -0.3 is 10.0 Å². The van der Waals surface area contributed by atoms with Crippen molar-refractivity contribution in [1.29, 1.82) is 0 Å². The quantitative estimate of drug-likeness (QED) is 0.708. The first-order valence-corrected chi connectivity index (χ1v) is 8.57. The molecule has 5 heteroatoms. The van der Waals surface area contributed by atoms with Crippen LogP contribution in [0.15, 0.2) is 66.0 Å². The zero-order valence-electron chi connectivity index (χ0n) is 13.1. The number of thiazole rings is 1. The van der Waals surface area contributed by atoms with Gasteiger partial charge >= 0.3 is 5.97 Å². The number of carboxylic acids is 1. The van der Waals surface area contributed by atoms with Crippen molar-refractivity contribution in [1.82, 2.24) is 4.98 Å². The molecule has 0 amide bonds. The van der Waals surface area contributed by atoms with E-state index in [2.05, 4.69) is 34.1 Å². The molecule has 1 N–H and O–H groups in total. The van der Waals surface area contributed by atoms with Crippen molar-refractivity contribution in [3.8, 4) is 0 Å². The normalized spacial score (nSPS) is 10.5. The van der Waals surface area contributed by atoms with Gasteiger partial charge in [-0.25, -0.2) is 4.98 Å².